The van der Waals surface area contributed by atoms with Gasteiger partial charge >= 0.3 is 0 Å². The molecule has 0 spiro atoms. The summed E-state index contributed by atoms with van der Waals surface area (Å²) in [6, 6.07) is 8.47. The van der Waals surface area contributed by atoms with Crippen molar-refractivity contribution in [1.29, 1.82) is 0 Å². The van der Waals surface area contributed by atoms with Gasteiger partial charge in [-0.15, -0.1) is 0 Å². The molecule has 0 bridgehead atoms. The van der Waals surface area contributed by atoms with Crippen LogP contribution in [0.25, 0.3) is 10.9 Å². The molecule has 8 nitrogen and oxygen atoms in total. The molecule has 1 atom stereocenters. The van der Waals surface area contributed by atoms with Gasteiger partial charge in [0.25, 0.3) is 0 Å². The maximum absolute atomic E-state index is 12.0. The van der Waals surface area contributed by atoms with Crippen molar-refractivity contribution in [2.45, 2.75) is 19.9 Å². The van der Waals surface area contributed by atoms with E-state index in [1.807, 2.05) is 38.1 Å². The fourth-order valence-corrected chi connectivity index (χ4v) is 2.23. The number of carbonyl (C=O) groups is 3. The molecule has 0 aliphatic carbocycles. The average molecular weight is 357 g/mol. The van der Waals surface area contributed by atoms with E-state index >= 15 is 0 Å². The van der Waals surface area contributed by atoms with Crippen LogP contribution < -0.4 is 21.7 Å². The number of aromatic nitrogens is 1. The van der Waals surface area contributed by atoms with Crippen molar-refractivity contribution >= 4 is 34.3 Å². The molecule has 2 rings (SSSR count). The van der Waals surface area contributed by atoms with Crippen molar-refractivity contribution in [3.63, 3.8) is 0 Å². The molecular formula is C18H23N5O3. The summed E-state index contributed by atoms with van der Waals surface area (Å²) in [5.41, 5.74) is 6.93. The van der Waals surface area contributed by atoms with Gasteiger partial charge in [-0.2, -0.15) is 0 Å². The first-order valence-electron chi connectivity index (χ1n) is 8.32. The van der Waals surface area contributed by atoms with E-state index < -0.39 is 17.9 Å². The van der Waals surface area contributed by atoms with Crippen LogP contribution in [0.1, 0.15) is 13.8 Å². The van der Waals surface area contributed by atoms with E-state index in [4.69, 9.17) is 5.73 Å². The Morgan fingerprint density at radius 3 is 2.46 bits per heavy atom. The number of fused-ring (bicyclic) bond motifs is 1. The van der Waals surface area contributed by atoms with Crippen LogP contribution >= 0.6 is 0 Å². The van der Waals surface area contributed by atoms with E-state index in [1.165, 1.54) is 0 Å². The van der Waals surface area contributed by atoms with Crippen molar-refractivity contribution in [2.75, 3.05) is 18.4 Å². The number of nitrogens with zero attached hydrogens (tertiary/aromatic N) is 1. The number of nitrogens with two attached hydrogens (primary N) is 1. The summed E-state index contributed by atoms with van der Waals surface area (Å²) in [5.74, 6) is -1.29. The minimum absolute atomic E-state index is 0.0295. The number of rotatable bonds is 7. The smallest absolute Gasteiger partial charge is 0.243 e. The fraction of sp³-hybridized carbons (Fsp3) is 0.333. The third kappa shape index (κ3) is 5.25. The first kappa shape index (κ1) is 19.3. The van der Waals surface area contributed by atoms with Crippen LogP contribution in [0.2, 0.25) is 0 Å². The summed E-state index contributed by atoms with van der Waals surface area (Å²) in [6.45, 7) is 3.18. The Balaban J connectivity index is 1.81. The topological polar surface area (TPSA) is 126 Å². The van der Waals surface area contributed by atoms with Crippen LogP contribution in [0.15, 0.2) is 36.5 Å². The zero-order chi connectivity index (χ0) is 19.1. The Morgan fingerprint density at radius 1 is 1.04 bits per heavy atom. The van der Waals surface area contributed by atoms with Crippen LogP contribution in [0.3, 0.4) is 0 Å². The predicted octanol–water partition coefficient (Wildman–Crippen LogP) is 0.389. The van der Waals surface area contributed by atoms with Gasteiger partial charge in [0.2, 0.25) is 17.7 Å². The number of hydrogen-bond donors (Lipinski definition) is 4. The number of nitrogens with one attached hydrogen (secondary N) is 3. The Bertz CT molecular complexity index is 801. The van der Waals surface area contributed by atoms with Crippen LogP contribution in [-0.2, 0) is 14.4 Å². The molecule has 26 heavy (non-hydrogen) atoms. The van der Waals surface area contributed by atoms with Crippen molar-refractivity contribution < 1.29 is 14.4 Å². The van der Waals surface area contributed by atoms with E-state index in [1.54, 1.807) is 12.3 Å². The molecular weight excluding hydrogens is 334 g/mol. The lowest BCUT2D eigenvalue weighted by atomic mass is 10.1. The van der Waals surface area contributed by atoms with Crippen molar-refractivity contribution in [3.8, 4) is 0 Å². The normalized spacial score (nSPS) is 11.8. The Morgan fingerprint density at radius 2 is 1.73 bits per heavy atom. The van der Waals surface area contributed by atoms with Crippen LogP contribution in [0.5, 0.6) is 0 Å². The minimum atomic E-state index is -0.676. The Labute approximate surface area is 151 Å². The third-order valence-corrected chi connectivity index (χ3v) is 3.80. The molecule has 5 N–H and O–H groups in total. The van der Waals surface area contributed by atoms with Gasteiger partial charge in [-0.25, -0.2) is 0 Å². The molecule has 0 unspecified atom stereocenters. The number of benzene rings is 1. The van der Waals surface area contributed by atoms with E-state index in [9.17, 15) is 14.4 Å². The maximum Gasteiger partial charge on any atom is 0.243 e. The first-order valence-corrected chi connectivity index (χ1v) is 8.32. The lowest BCUT2D eigenvalue weighted by Crippen LogP contribution is -2.47. The second-order valence-electron chi connectivity index (χ2n) is 6.19. The van der Waals surface area contributed by atoms with Crippen LogP contribution in [-0.4, -0.2) is 41.8 Å². The van der Waals surface area contributed by atoms with Crippen molar-refractivity contribution in [3.05, 3.63) is 36.5 Å². The highest BCUT2D eigenvalue weighted by Crippen LogP contribution is 2.20. The molecule has 1 heterocycles. The molecule has 0 saturated heterocycles. The molecule has 2 aromatic rings. The summed E-state index contributed by atoms with van der Waals surface area (Å²) in [4.78, 5) is 39.7. The largest absolute Gasteiger partial charge is 0.346 e. The van der Waals surface area contributed by atoms with E-state index in [0.29, 0.717) is 11.2 Å². The van der Waals surface area contributed by atoms with Gasteiger partial charge < -0.3 is 21.7 Å². The lowest BCUT2D eigenvalue weighted by molar-refractivity contribution is -0.127. The molecule has 0 radical (unpaired) electrons. The number of para-hydroxylation sites is 1. The molecule has 8 heteroatoms. The quantitative estimate of drug-likeness (QED) is 0.570. The lowest BCUT2D eigenvalue weighted by Gasteiger charge is -2.15. The molecule has 3 amide bonds. The zero-order valence-corrected chi connectivity index (χ0v) is 14.8. The molecule has 0 fully saturated rings. The number of carbonyl (C=O) groups excluding carboxylic acids is 3. The van der Waals surface area contributed by atoms with Gasteiger partial charge in [-0.3, -0.25) is 19.4 Å². The van der Waals surface area contributed by atoms with Gasteiger partial charge in [0.1, 0.15) is 0 Å². The molecule has 1 aromatic heterocycles. The van der Waals surface area contributed by atoms with Gasteiger partial charge in [0, 0.05) is 11.6 Å². The minimum Gasteiger partial charge on any atom is -0.346 e. The number of anilines is 1. The van der Waals surface area contributed by atoms with Gasteiger partial charge in [-0.05, 0) is 18.1 Å². The highest BCUT2D eigenvalue weighted by atomic mass is 16.2. The summed E-state index contributed by atoms with van der Waals surface area (Å²) in [6.07, 6.45) is 1.64. The Hall–Kier alpha value is -3.00. The van der Waals surface area contributed by atoms with E-state index in [0.717, 1.165) is 5.39 Å². The van der Waals surface area contributed by atoms with Crippen molar-refractivity contribution in [2.24, 2.45) is 11.7 Å². The Kier molecular flexibility index (Phi) is 6.62. The summed E-state index contributed by atoms with van der Waals surface area (Å²) < 4.78 is 0. The standard InChI is InChI=1S/C18H23N5O3/c1-11(2)16(19)18(26)22-9-14(24)21-10-15(25)23-13-7-3-5-12-6-4-8-20-17(12)13/h3-8,11,16H,9-10,19H2,1-2H3,(H,21,24)(H,22,26)(H,23,25)/t16-/m0/s1. The summed E-state index contributed by atoms with van der Waals surface area (Å²) >= 11 is 0. The fourth-order valence-electron chi connectivity index (χ4n) is 2.23. The predicted molar refractivity (Wildman–Crippen MR) is 99.2 cm³/mol. The van der Waals surface area contributed by atoms with E-state index in [-0.39, 0.29) is 24.9 Å². The van der Waals surface area contributed by atoms with Crippen molar-refractivity contribution in [1.82, 2.24) is 15.6 Å². The van der Waals surface area contributed by atoms with E-state index in [2.05, 4.69) is 20.9 Å². The number of pyridine rings is 1. The van der Waals surface area contributed by atoms with Gasteiger partial charge in [0.05, 0.1) is 30.3 Å². The van der Waals surface area contributed by atoms with Gasteiger partial charge in [-0.1, -0.05) is 32.0 Å². The zero-order valence-electron chi connectivity index (χ0n) is 14.8. The second kappa shape index (κ2) is 8.91. The monoisotopic (exact) mass is 357 g/mol. The molecule has 0 aliphatic heterocycles. The van der Waals surface area contributed by atoms with Gasteiger partial charge in [0.15, 0.2) is 0 Å². The molecule has 0 saturated carbocycles. The average Bonchev–Trinajstić information content (AvgIpc) is 2.64. The molecule has 138 valence electrons. The second-order valence-corrected chi connectivity index (χ2v) is 6.19. The number of hydrogen-bond acceptors (Lipinski definition) is 5. The first-order chi connectivity index (χ1) is 12.4. The van der Waals surface area contributed by atoms with Crippen LogP contribution in [0.4, 0.5) is 5.69 Å². The summed E-state index contributed by atoms with van der Waals surface area (Å²) in [7, 11) is 0. The highest BCUT2D eigenvalue weighted by molar-refractivity contribution is 6.01. The SMILES string of the molecule is CC(C)[C@H](N)C(=O)NCC(=O)NCC(=O)Nc1cccc2cccnc12. The summed E-state index contributed by atoms with van der Waals surface area (Å²) in [5, 5.41) is 8.51. The molecule has 1 aromatic carbocycles. The number of amides is 3. The highest BCUT2D eigenvalue weighted by Gasteiger charge is 2.17. The molecule has 0 aliphatic rings. The third-order valence-electron chi connectivity index (χ3n) is 3.80. The van der Waals surface area contributed by atoms with Crippen LogP contribution in [0, 0.1) is 5.92 Å². The maximum atomic E-state index is 12.0.